The van der Waals surface area contributed by atoms with Crippen molar-refractivity contribution < 1.29 is 0 Å². The van der Waals surface area contributed by atoms with E-state index >= 15 is 0 Å². The number of benzene rings is 2. The Bertz CT molecular complexity index is 705. The Kier molecular flexibility index (Phi) is 8.60. The van der Waals surface area contributed by atoms with Crippen LogP contribution in [0.1, 0.15) is 92.1 Å². The zero-order chi connectivity index (χ0) is 19.8. The molecule has 0 bridgehead atoms. The van der Waals surface area contributed by atoms with Gasteiger partial charge in [-0.15, -0.1) is 0 Å². The lowest BCUT2D eigenvalue weighted by Gasteiger charge is -2.38. The average molecular weight is 395 g/mol. The summed E-state index contributed by atoms with van der Waals surface area (Å²) in [5.41, 5.74) is 6.94. The first-order valence-electron chi connectivity index (χ1n) is 11.5. The van der Waals surface area contributed by atoms with E-state index in [9.17, 15) is 0 Å². The molecule has 3 rings (SSSR count). The summed E-state index contributed by atoms with van der Waals surface area (Å²) in [6, 6.07) is 18.5. The summed E-state index contributed by atoms with van der Waals surface area (Å²) in [6.45, 7) is 6.87. The highest BCUT2D eigenvalue weighted by atomic mass is 31.1. The molecule has 1 saturated heterocycles. The highest BCUT2D eigenvalue weighted by Gasteiger charge is 2.32. The van der Waals surface area contributed by atoms with Crippen molar-refractivity contribution in [3.63, 3.8) is 0 Å². The summed E-state index contributed by atoms with van der Waals surface area (Å²) in [5, 5.41) is 0. The molecule has 0 N–H and O–H groups in total. The third-order valence-electron chi connectivity index (χ3n) is 6.57. The smallest absolute Gasteiger partial charge is 0.00502 e. The van der Waals surface area contributed by atoms with Crippen LogP contribution in [0.15, 0.2) is 48.5 Å². The van der Waals surface area contributed by atoms with Crippen LogP contribution in [0.25, 0.3) is 0 Å². The summed E-state index contributed by atoms with van der Waals surface area (Å²) in [4.78, 5) is 0. The van der Waals surface area contributed by atoms with Crippen molar-refractivity contribution >= 4 is 7.92 Å². The van der Waals surface area contributed by atoms with Gasteiger partial charge in [-0.3, -0.25) is 0 Å². The number of hydrogen-bond donors (Lipinski definition) is 0. The fourth-order valence-corrected chi connectivity index (χ4v) is 8.28. The van der Waals surface area contributed by atoms with Crippen LogP contribution in [0.5, 0.6) is 0 Å². The minimum Gasteiger partial charge on any atom is -0.0990 e. The summed E-state index contributed by atoms with van der Waals surface area (Å²) in [7, 11) is 0.121. The molecule has 1 heteroatoms. The van der Waals surface area contributed by atoms with Crippen LogP contribution in [0.2, 0.25) is 0 Å². The molecule has 3 unspecified atom stereocenters. The van der Waals surface area contributed by atoms with Crippen molar-refractivity contribution in [1.82, 2.24) is 0 Å². The molecule has 1 fully saturated rings. The molecule has 0 nitrogen and oxygen atoms in total. The molecule has 1 aliphatic rings. The van der Waals surface area contributed by atoms with Gasteiger partial charge in [0.05, 0.1) is 0 Å². The molecule has 0 amide bonds. The molecule has 2 aromatic carbocycles. The molecule has 1 heterocycles. The molecule has 1 aliphatic heterocycles. The summed E-state index contributed by atoms with van der Waals surface area (Å²) in [6.07, 6.45) is 14.2. The Hall–Kier alpha value is -1.13. The van der Waals surface area contributed by atoms with Crippen LogP contribution in [-0.4, -0.2) is 12.3 Å². The number of rotatable bonds is 9. The monoisotopic (exact) mass is 394 g/mol. The van der Waals surface area contributed by atoms with Gasteiger partial charge in [0.1, 0.15) is 0 Å². The van der Waals surface area contributed by atoms with E-state index in [1.165, 1.54) is 74.8 Å². The molecular weight excluding hydrogens is 355 g/mol. The summed E-state index contributed by atoms with van der Waals surface area (Å²) >= 11 is 0. The molecular formula is C27H39P. The average Bonchev–Trinajstić information content (AvgIpc) is 2.71. The Morgan fingerprint density at radius 2 is 1.64 bits per heavy atom. The van der Waals surface area contributed by atoms with Crippen LogP contribution in [0, 0.1) is 13.8 Å². The third kappa shape index (κ3) is 5.93. The second kappa shape index (κ2) is 11.2. The van der Waals surface area contributed by atoms with Gasteiger partial charge in [-0.05, 0) is 68.0 Å². The van der Waals surface area contributed by atoms with Crippen LogP contribution in [0.3, 0.4) is 0 Å². The second-order valence-corrected chi connectivity index (χ2v) is 11.5. The number of hydrogen-bond acceptors (Lipinski definition) is 0. The Morgan fingerprint density at radius 1 is 0.893 bits per heavy atom. The molecule has 28 heavy (non-hydrogen) atoms. The van der Waals surface area contributed by atoms with Crippen LogP contribution >= 0.6 is 7.92 Å². The highest BCUT2D eigenvalue weighted by molar-refractivity contribution is 7.58. The van der Waals surface area contributed by atoms with E-state index < -0.39 is 0 Å². The number of aryl methyl sites for hydroxylation is 2. The predicted molar refractivity (Wildman–Crippen MR) is 127 cm³/mol. The van der Waals surface area contributed by atoms with E-state index in [1.54, 1.807) is 11.1 Å². The van der Waals surface area contributed by atoms with Crippen molar-refractivity contribution in [3.8, 4) is 0 Å². The fraction of sp³-hybridized carbons (Fsp3) is 0.556. The van der Waals surface area contributed by atoms with Crippen molar-refractivity contribution in [2.45, 2.75) is 83.7 Å². The Labute approximate surface area is 174 Å². The SMILES string of the molecule is CCCCCCCCP1CCC(c2ccccc2)CC1c1ccc(C)cc1C. The van der Waals surface area contributed by atoms with Gasteiger partial charge in [-0.2, -0.15) is 0 Å². The summed E-state index contributed by atoms with van der Waals surface area (Å²) in [5.74, 6) is 0.746. The van der Waals surface area contributed by atoms with Gasteiger partial charge >= 0.3 is 0 Å². The molecule has 0 spiro atoms. The van der Waals surface area contributed by atoms with Crippen LogP contribution in [-0.2, 0) is 0 Å². The van der Waals surface area contributed by atoms with Crippen LogP contribution < -0.4 is 0 Å². The Morgan fingerprint density at radius 3 is 2.39 bits per heavy atom. The third-order valence-corrected chi connectivity index (χ3v) is 9.66. The lowest BCUT2D eigenvalue weighted by atomic mass is 9.88. The maximum absolute atomic E-state index is 2.46. The first-order valence-corrected chi connectivity index (χ1v) is 13.3. The van der Waals surface area contributed by atoms with E-state index in [2.05, 4.69) is 69.3 Å². The first-order chi connectivity index (χ1) is 13.7. The number of unbranched alkanes of at least 4 members (excludes halogenated alkanes) is 5. The van der Waals surface area contributed by atoms with Crippen molar-refractivity contribution in [2.75, 3.05) is 12.3 Å². The van der Waals surface area contributed by atoms with Gasteiger partial charge in [0.15, 0.2) is 0 Å². The van der Waals surface area contributed by atoms with Crippen molar-refractivity contribution in [1.29, 1.82) is 0 Å². The topological polar surface area (TPSA) is 0 Å². The first kappa shape index (κ1) is 21.6. The lowest BCUT2D eigenvalue weighted by molar-refractivity contribution is 0.568. The maximum atomic E-state index is 2.46. The fourth-order valence-electron chi connectivity index (χ4n) is 4.93. The van der Waals surface area contributed by atoms with E-state index in [0.29, 0.717) is 0 Å². The standard InChI is InChI=1S/C27H39P/c1-4-5-6-7-8-12-18-28-19-17-25(24-13-10-9-11-14-24)21-27(28)26-16-15-22(2)20-23(26)3/h9-11,13-16,20,25,27H,4-8,12,17-19,21H2,1-3H3. The van der Waals surface area contributed by atoms with Gasteiger partial charge in [0, 0.05) is 5.66 Å². The molecule has 0 aromatic heterocycles. The van der Waals surface area contributed by atoms with Gasteiger partial charge in [0.25, 0.3) is 0 Å². The van der Waals surface area contributed by atoms with Crippen molar-refractivity contribution in [3.05, 3.63) is 70.8 Å². The normalized spacial score (nSPS) is 22.3. The molecule has 2 aromatic rings. The maximum Gasteiger partial charge on any atom is 0.00502 e. The van der Waals surface area contributed by atoms with Crippen LogP contribution in [0.4, 0.5) is 0 Å². The van der Waals surface area contributed by atoms with Crippen molar-refractivity contribution in [2.24, 2.45) is 0 Å². The van der Waals surface area contributed by atoms with E-state index in [1.807, 2.05) is 0 Å². The molecule has 3 atom stereocenters. The quantitative estimate of drug-likeness (QED) is 0.294. The minimum absolute atomic E-state index is 0.121. The molecule has 0 saturated carbocycles. The van der Waals surface area contributed by atoms with E-state index in [4.69, 9.17) is 0 Å². The predicted octanol–water partition coefficient (Wildman–Crippen LogP) is 8.76. The largest absolute Gasteiger partial charge is 0.0990 e. The van der Waals surface area contributed by atoms with Gasteiger partial charge in [-0.25, -0.2) is 0 Å². The van der Waals surface area contributed by atoms with Gasteiger partial charge in [0.2, 0.25) is 0 Å². The highest BCUT2D eigenvalue weighted by Crippen LogP contribution is 2.61. The molecule has 152 valence electrons. The molecule has 0 aliphatic carbocycles. The zero-order valence-corrected chi connectivity index (χ0v) is 19.2. The van der Waals surface area contributed by atoms with Gasteiger partial charge < -0.3 is 0 Å². The zero-order valence-electron chi connectivity index (χ0n) is 18.3. The van der Waals surface area contributed by atoms with E-state index in [0.717, 1.165) is 11.6 Å². The van der Waals surface area contributed by atoms with E-state index in [-0.39, 0.29) is 7.92 Å². The second-order valence-electron chi connectivity index (χ2n) is 8.81. The summed E-state index contributed by atoms with van der Waals surface area (Å²) < 4.78 is 0. The minimum atomic E-state index is 0.121. The molecule has 0 radical (unpaired) electrons. The Balaban J connectivity index is 1.69. The van der Waals surface area contributed by atoms with Gasteiger partial charge in [-0.1, -0.05) is 101 Å². The lowest BCUT2D eigenvalue weighted by Crippen LogP contribution is -2.17.